The zero-order chi connectivity index (χ0) is 12.5. The first-order valence-corrected chi connectivity index (χ1v) is 4.72. The van der Waals surface area contributed by atoms with Crippen LogP contribution in [0.3, 0.4) is 0 Å². The summed E-state index contributed by atoms with van der Waals surface area (Å²) in [6.07, 6.45) is 12.4. The second-order valence-electron chi connectivity index (χ2n) is 2.88. The van der Waals surface area contributed by atoms with E-state index in [4.69, 9.17) is 0 Å². The lowest BCUT2D eigenvalue weighted by Gasteiger charge is -1.99. The fourth-order valence-electron chi connectivity index (χ4n) is 0.868. The number of rotatable bonds is 0. The predicted molar refractivity (Wildman–Crippen MR) is 61.7 cm³/mol. The minimum Gasteiger partial charge on any atom is -0.504 e. The Labute approximate surface area is 98.1 Å². The van der Waals surface area contributed by atoms with E-state index in [9.17, 15) is 15.3 Å². The van der Waals surface area contributed by atoms with Crippen molar-refractivity contribution < 1.29 is 25.1 Å². The van der Waals surface area contributed by atoms with Crippen molar-refractivity contribution in [2.24, 2.45) is 0 Å². The van der Waals surface area contributed by atoms with Gasteiger partial charge < -0.3 is 15.3 Å². The Hall–Kier alpha value is -2.56. The highest BCUT2D eigenvalue weighted by Gasteiger charge is 2.04. The van der Waals surface area contributed by atoms with Gasteiger partial charge in [0, 0.05) is 0 Å². The van der Waals surface area contributed by atoms with E-state index < -0.39 is 17.3 Å². The minimum atomic E-state index is -0.632. The number of aliphatic hydroxyl groups excluding tert-OH is 3. The molecule has 1 aliphatic rings. The standard InChI is InChI=1S/C12H12O5/c13-10-6-3-1-2-4-8-16-17-9-5-7-11(14)12(10)15/h1-9,13-15H/b2-1+,6-3+,8-4-,9-5-,11-7-,12-10+. The van der Waals surface area contributed by atoms with Gasteiger partial charge >= 0.3 is 0 Å². The van der Waals surface area contributed by atoms with Crippen molar-refractivity contribution in [3.63, 3.8) is 0 Å². The molecule has 0 aromatic carbocycles. The number of hydrogen-bond acceptors (Lipinski definition) is 5. The highest BCUT2D eigenvalue weighted by Crippen LogP contribution is 2.09. The van der Waals surface area contributed by atoms with Crippen molar-refractivity contribution in [3.8, 4) is 0 Å². The lowest BCUT2D eigenvalue weighted by molar-refractivity contribution is -0.195. The lowest BCUT2D eigenvalue weighted by atomic mass is 10.3. The van der Waals surface area contributed by atoms with Gasteiger partial charge in [0.25, 0.3) is 0 Å². The normalized spacial score (nSPS) is 31.9. The molecular weight excluding hydrogens is 224 g/mol. The fourth-order valence-corrected chi connectivity index (χ4v) is 0.868. The van der Waals surface area contributed by atoms with Crippen molar-refractivity contribution in [1.29, 1.82) is 0 Å². The molecule has 1 aliphatic heterocycles. The van der Waals surface area contributed by atoms with E-state index in [-0.39, 0.29) is 0 Å². The maximum Gasteiger partial charge on any atom is 0.200 e. The zero-order valence-corrected chi connectivity index (χ0v) is 8.85. The third kappa shape index (κ3) is 4.65. The molecule has 0 aromatic heterocycles. The number of allylic oxidation sites excluding steroid dienone is 7. The van der Waals surface area contributed by atoms with Gasteiger partial charge in [0.2, 0.25) is 0 Å². The SMILES string of the molecule is OC1=C\C=C/OO/C=C\C=C\C=C\C(O)=C\1O. The van der Waals surface area contributed by atoms with Crippen LogP contribution in [0.5, 0.6) is 0 Å². The molecule has 0 amide bonds. The average molecular weight is 236 g/mol. The third-order valence-electron chi connectivity index (χ3n) is 1.65. The maximum absolute atomic E-state index is 9.37. The first-order chi connectivity index (χ1) is 8.22. The van der Waals surface area contributed by atoms with Crippen LogP contribution in [0.2, 0.25) is 0 Å². The van der Waals surface area contributed by atoms with Crippen LogP contribution in [0.15, 0.2) is 72.3 Å². The van der Waals surface area contributed by atoms with Crippen LogP contribution in [-0.4, -0.2) is 15.3 Å². The van der Waals surface area contributed by atoms with Crippen molar-refractivity contribution in [2.75, 3.05) is 0 Å². The minimum absolute atomic E-state index is 0.449. The second kappa shape index (κ2) is 6.84. The summed E-state index contributed by atoms with van der Waals surface area (Å²) < 4.78 is 0. The lowest BCUT2D eigenvalue weighted by Crippen LogP contribution is -1.92. The van der Waals surface area contributed by atoms with Crippen molar-refractivity contribution in [1.82, 2.24) is 0 Å². The second-order valence-corrected chi connectivity index (χ2v) is 2.88. The molecule has 0 atom stereocenters. The topological polar surface area (TPSA) is 79.2 Å². The number of hydrogen-bond donors (Lipinski definition) is 3. The smallest absolute Gasteiger partial charge is 0.200 e. The third-order valence-corrected chi connectivity index (χ3v) is 1.65. The molecule has 0 aliphatic carbocycles. The Bertz CT molecular complexity index is 424. The molecule has 0 saturated carbocycles. The van der Waals surface area contributed by atoms with E-state index in [0.29, 0.717) is 0 Å². The molecule has 0 aromatic rings. The van der Waals surface area contributed by atoms with Crippen LogP contribution in [0.4, 0.5) is 0 Å². The zero-order valence-electron chi connectivity index (χ0n) is 8.85. The molecule has 0 bridgehead atoms. The van der Waals surface area contributed by atoms with Crippen LogP contribution in [-0.2, 0) is 9.78 Å². The molecule has 1 heterocycles. The van der Waals surface area contributed by atoms with E-state index in [2.05, 4.69) is 9.78 Å². The highest BCUT2D eigenvalue weighted by atomic mass is 17.2. The molecule has 0 fully saturated rings. The molecule has 0 spiro atoms. The van der Waals surface area contributed by atoms with Crippen molar-refractivity contribution >= 4 is 0 Å². The molecule has 0 unspecified atom stereocenters. The predicted octanol–water partition coefficient (Wildman–Crippen LogP) is 2.86. The summed E-state index contributed by atoms with van der Waals surface area (Å²) in [6, 6.07) is 0. The van der Waals surface area contributed by atoms with Gasteiger partial charge in [-0.2, -0.15) is 0 Å². The molecule has 1 rings (SSSR count). The van der Waals surface area contributed by atoms with Gasteiger partial charge in [0.05, 0.1) is 0 Å². The summed E-state index contributed by atoms with van der Waals surface area (Å²) in [7, 11) is 0. The first kappa shape index (κ1) is 12.5. The van der Waals surface area contributed by atoms with E-state index in [1.54, 1.807) is 18.2 Å². The van der Waals surface area contributed by atoms with Gasteiger partial charge in [-0.3, -0.25) is 9.78 Å². The summed E-state index contributed by atoms with van der Waals surface area (Å²) in [4.78, 5) is 9.14. The molecular formula is C12H12O5. The van der Waals surface area contributed by atoms with E-state index >= 15 is 0 Å². The van der Waals surface area contributed by atoms with Crippen LogP contribution < -0.4 is 0 Å². The highest BCUT2D eigenvalue weighted by molar-refractivity contribution is 5.30. The Morgan fingerprint density at radius 2 is 1.41 bits per heavy atom. The summed E-state index contributed by atoms with van der Waals surface area (Å²) >= 11 is 0. The Morgan fingerprint density at radius 3 is 2.18 bits per heavy atom. The molecule has 5 nitrogen and oxygen atoms in total. The van der Waals surface area contributed by atoms with Gasteiger partial charge in [-0.1, -0.05) is 18.2 Å². The molecule has 0 saturated heterocycles. The van der Waals surface area contributed by atoms with E-state index in [0.717, 1.165) is 12.3 Å². The van der Waals surface area contributed by atoms with Crippen LogP contribution in [0.25, 0.3) is 0 Å². The van der Waals surface area contributed by atoms with Crippen LogP contribution in [0.1, 0.15) is 0 Å². The Balaban J connectivity index is 2.96. The Morgan fingerprint density at radius 1 is 0.765 bits per heavy atom. The van der Waals surface area contributed by atoms with Gasteiger partial charge in [0.15, 0.2) is 17.3 Å². The fraction of sp³-hybridized carbons (Fsp3) is 0. The summed E-state index contributed by atoms with van der Waals surface area (Å²) in [6.45, 7) is 0. The van der Waals surface area contributed by atoms with Crippen LogP contribution in [0, 0.1) is 0 Å². The monoisotopic (exact) mass is 236 g/mol. The van der Waals surface area contributed by atoms with E-state index in [1.165, 1.54) is 24.5 Å². The maximum atomic E-state index is 9.37. The van der Waals surface area contributed by atoms with Crippen molar-refractivity contribution in [2.45, 2.75) is 0 Å². The molecule has 0 radical (unpaired) electrons. The average Bonchev–Trinajstić information content (AvgIpc) is 2.33. The van der Waals surface area contributed by atoms with Gasteiger partial charge in [-0.15, -0.1) is 0 Å². The molecule has 17 heavy (non-hydrogen) atoms. The van der Waals surface area contributed by atoms with Gasteiger partial charge in [-0.25, -0.2) is 0 Å². The largest absolute Gasteiger partial charge is 0.504 e. The van der Waals surface area contributed by atoms with E-state index in [1.807, 2.05) is 0 Å². The molecule has 90 valence electrons. The number of aliphatic hydroxyl groups is 3. The first-order valence-electron chi connectivity index (χ1n) is 4.72. The van der Waals surface area contributed by atoms with Gasteiger partial charge in [-0.05, 0) is 24.3 Å². The summed E-state index contributed by atoms with van der Waals surface area (Å²) in [5.74, 6) is -1.58. The molecule has 3 N–H and O–H groups in total. The molecule has 5 heteroatoms. The quantitative estimate of drug-likeness (QED) is 0.563. The Kier molecular flexibility index (Phi) is 5.03. The summed E-state index contributed by atoms with van der Waals surface area (Å²) in [5, 5.41) is 28.1. The van der Waals surface area contributed by atoms with Gasteiger partial charge in [0.1, 0.15) is 12.5 Å². The summed E-state index contributed by atoms with van der Waals surface area (Å²) in [5.41, 5.74) is 0. The van der Waals surface area contributed by atoms with Crippen LogP contribution >= 0.6 is 0 Å². The van der Waals surface area contributed by atoms with Crippen molar-refractivity contribution in [3.05, 3.63) is 72.3 Å².